The van der Waals surface area contributed by atoms with Gasteiger partial charge in [0.2, 0.25) is 5.91 Å². The number of ether oxygens (including phenoxy) is 2. The smallest absolute Gasteiger partial charge is 0.261 e. The number of carbonyl (C=O) groups is 2. The first kappa shape index (κ1) is 94.6. The van der Waals surface area contributed by atoms with Gasteiger partial charge in [-0.25, -0.2) is 29.9 Å². The van der Waals surface area contributed by atoms with Gasteiger partial charge in [0.15, 0.2) is 5.78 Å². The number of piperidine rings is 2. The molecule has 0 bridgehead atoms. The molecule has 712 valence electrons. The van der Waals surface area contributed by atoms with E-state index in [1.54, 1.807) is 81.2 Å². The third-order valence-electron chi connectivity index (χ3n) is 27.7. The third-order valence-corrected chi connectivity index (χ3v) is 28.2. The Hall–Kier alpha value is -15.0. The fraction of sp³-hybridized carbons (Fsp3) is 0.246. The van der Waals surface area contributed by atoms with E-state index in [0.717, 1.165) is 177 Å². The number of benzene rings is 9. The number of halogens is 2. The highest BCUT2D eigenvalue weighted by Crippen LogP contribution is 2.37. The Morgan fingerprint density at radius 1 is 0.359 bits per heavy atom. The fourth-order valence-electron chi connectivity index (χ4n) is 20.3. The molecule has 4 atom stereocenters. The van der Waals surface area contributed by atoms with Gasteiger partial charge in [-0.2, -0.15) is 0 Å². The van der Waals surface area contributed by atoms with Gasteiger partial charge < -0.3 is 24.6 Å². The molecule has 28 heteroatoms. The number of pyridine rings is 6. The van der Waals surface area contributed by atoms with Crippen LogP contribution in [0.4, 0.5) is 0 Å². The van der Waals surface area contributed by atoms with E-state index in [-0.39, 0.29) is 71.3 Å². The van der Waals surface area contributed by atoms with Gasteiger partial charge >= 0.3 is 0 Å². The minimum absolute atomic E-state index is 0.0185. The Labute approximate surface area is 826 Å². The molecule has 14 heterocycles. The van der Waals surface area contributed by atoms with Gasteiger partial charge in [0.05, 0.1) is 124 Å². The normalized spacial score (nSPS) is 16.5. The molecular formula is C114H102Cl2N16O10. The number of hydrogen-bond donors (Lipinski definition) is 2. The van der Waals surface area contributed by atoms with E-state index >= 15 is 0 Å². The molecule has 4 aliphatic heterocycles. The highest BCUT2D eigenvalue weighted by atomic mass is 35.5. The number of fused-ring (bicyclic) bond motifs is 12. The summed E-state index contributed by atoms with van der Waals surface area (Å²) in [5, 5.41) is 32.3. The summed E-state index contributed by atoms with van der Waals surface area (Å²) in [5.41, 5.74) is 17.3. The predicted octanol–water partition coefficient (Wildman–Crippen LogP) is 18.5. The van der Waals surface area contributed by atoms with Crippen molar-refractivity contribution in [2.45, 2.75) is 121 Å². The van der Waals surface area contributed by atoms with E-state index in [1.807, 2.05) is 213 Å². The molecule has 0 aliphatic carbocycles. The molecule has 0 spiro atoms. The lowest BCUT2D eigenvalue weighted by Gasteiger charge is -2.32. The number of carbonyl (C=O) groups excluding carboxylic acids is 2. The molecule has 4 saturated heterocycles. The second-order valence-electron chi connectivity index (χ2n) is 36.9. The van der Waals surface area contributed by atoms with Crippen LogP contribution in [0, 0.1) is 13.8 Å². The van der Waals surface area contributed by atoms with Crippen molar-refractivity contribution < 1.29 is 29.3 Å². The van der Waals surface area contributed by atoms with Gasteiger partial charge in [-0.05, 0) is 229 Å². The second-order valence-corrected chi connectivity index (χ2v) is 37.7. The van der Waals surface area contributed by atoms with Crippen LogP contribution < -0.4 is 22.2 Å². The molecule has 2 N–H and O–H groups in total. The van der Waals surface area contributed by atoms with E-state index < -0.39 is 12.2 Å². The van der Waals surface area contributed by atoms with E-state index in [2.05, 4.69) is 81.2 Å². The first-order valence-electron chi connectivity index (χ1n) is 47.9. The van der Waals surface area contributed by atoms with Crippen LogP contribution in [0.5, 0.6) is 0 Å². The monoisotopic (exact) mass is 1920 g/mol. The van der Waals surface area contributed by atoms with Crippen molar-refractivity contribution in [2.75, 3.05) is 59.2 Å². The van der Waals surface area contributed by atoms with E-state index in [4.69, 9.17) is 42.6 Å². The third kappa shape index (κ3) is 20.4. The number of rotatable bonds is 17. The number of ketones is 1. The molecule has 4 aliphatic rings. The predicted molar refractivity (Wildman–Crippen MR) is 555 cm³/mol. The SMILES string of the molecule is CC(=O)N1CCC(n2cnc3c(cc(Cc4ccc(Cl)nc4)c4ccccc43)c2=O)CC1.Cc1cc(-c2cc(Cc3cc4c(=O)n([C@H]5CCOC[C@@H]5O)cnc4c4ccccc34)ccn2)ccn1.Cc1ccc(-c2cc(Cc3cc4c(=O)n([C@H]5CCOC[C@@H]5O)cnc4c4ccccc34)ccn2)cn1.O=C(CN1CCC(n2cnc3c(cc(Cc4ccc(Cl)nc4)c4ccccc43)c2=O)CC1)c1ccccc1. The maximum atomic E-state index is 13.8. The zero-order chi connectivity index (χ0) is 97.6. The molecule has 4 fully saturated rings. The summed E-state index contributed by atoms with van der Waals surface area (Å²) in [5.74, 6) is 0.212. The van der Waals surface area contributed by atoms with Crippen molar-refractivity contribution in [3.05, 3.63) is 400 Å². The average Bonchev–Trinajstić information content (AvgIpc) is 0.761. The number of hydrogen-bond acceptors (Lipinski definition) is 21. The summed E-state index contributed by atoms with van der Waals surface area (Å²) in [4.78, 5) is 128. The van der Waals surface area contributed by atoms with Crippen molar-refractivity contribution in [1.29, 1.82) is 0 Å². The number of Topliss-reactive ketones (excluding diaryl/α,β-unsaturated/α-hetero) is 1. The molecule has 19 aromatic rings. The number of aromatic nitrogens is 14. The molecule has 23 rings (SSSR count). The van der Waals surface area contributed by atoms with Crippen molar-refractivity contribution in [2.24, 2.45) is 0 Å². The summed E-state index contributed by atoms with van der Waals surface area (Å²) in [6, 6.07) is 72.7. The van der Waals surface area contributed by atoms with E-state index in [9.17, 15) is 39.0 Å². The average molecular weight is 1930 g/mol. The minimum Gasteiger partial charge on any atom is -0.389 e. The number of amides is 1. The maximum absolute atomic E-state index is 13.8. The summed E-state index contributed by atoms with van der Waals surface area (Å²) >= 11 is 11.9. The Morgan fingerprint density at radius 3 is 1.14 bits per heavy atom. The molecule has 26 nitrogen and oxygen atoms in total. The molecule has 0 saturated carbocycles. The lowest BCUT2D eigenvalue weighted by molar-refractivity contribution is -0.130. The molecule has 0 unspecified atom stereocenters. The van der Waals surface area contributed by atoms with Crippen LogP contribution >= 0.6 is 23.2 Å². The number of likely N-dealkylation sites (tertiary alicyclic amines) is 2. The quantitative estimate of drug-likeness (QED) is 0.0486. The van der Waals surface area contributed by atoms with E-state index in [0.29, 0.717) is 114 Å². The van der Waals surface area contributed by atoms with Crippen LogP contribution in [0.2, 0.25) is 10.3 Å². The summed E-state index contributed by atoms with van der Waals surface area (Å²) in [6.45, 7) is 10.2. The van der Waals surface area contributed by atoms with Gasteiger partial charge in [0.1, 0.15) is 10.3 Å². The van der Waals surface area contributed by atoms with Crippen molar-refractivity contribution in [3.8, 4) is 22.5 Å². The van der Waals surface area contributed by atoms with Crippen LogP contribution in [-0.2, 0) is 40.0 Å². The Bertz CT molecular complexity index is 8240. The Balaban J connectivity index is 0.000000116. The zero-order valence-corrected chi connectivity index (χ0v) is 80.1. The first-order valence-corrected chi connectivity index (χ1v) is 48.7. The van der Waals surface area contributed by atoms with Gasteiger partial charge in [0.25, 0.3) is 22.2 Å². The lowest BCUT2D eigenvalue weighted by Crippen LogP contribution is -2.40. The van der Waals surface area contributed by atoms with Crippen molar-refractivity contribution >= 4 is 122 Å². The minimum atomic E-state index is -0.734. The molecule has 0 radical (unpaired) electrons. The highest BCUT2D eigenvalue weighted by Gasteiger charge is 2.32. The summed E-state index contributed by atoms with van der Waals surface area (Å²) in [6.07, 6.45) is 22.7. The molecule has 142 heavy (non-hydrogen) atoms. The summed E-state index contributed by atoms with van der Waals surface area (Å²) in [7, 11) is 0. The number of nitrogens with zero attached hydrogens (tertiary/aromatic N) is 16. The van der Waals surface area contributed by atoms with Crippen LogP contribution in [0.15, 0.2) is 306 Å². The topological polar surface area (TPSA) is 316 Å². The summed E-state index contributed by atoms with van der Waals surface area (Å²) < 4.78 is 17.4. The zero-order valence-electron chi connectivity index (χ0n) is 78.6. The fourth-order valence-corrected chi connectivity index (χ4v) is 20.5. The second kappa shape index (κ2) is 42.2. The number of aliphatic hydroxyl groups is 2. The molecular weight excluding hydrogens is 1820 g/mol. The van der Waals surface area contributed by atoms with Gasteiger partial charge in [-0.1, -0.05) is 163 Å². The Morgan fingerprint density at radius 2 is 0.746 bits per heavy atom. The largest absolute Gasteiger partial charge is 0.389 e. The molecule has 9 aromatic carbocycles. The van der Waals surface area contributed by atoms with Crippen molar-refractivity contribution in [3.63, 3.8) is 0 Å². The number of aryl methyl sites for hydroxylation is 2. The standard InChI is InChI=1S/C31H27ClN4O2.2C29H26N4O3.C25H23ClN4O2/c32-29-11-10-21(18-33-29)16-23-17-27-30(26-9-5-4-8-25(23)26)34-20-36(31(27)38)24-12-14-35(15-13-24)19-28(37)22-6-2-1-3-7-22;1-18-12-20(7-10-30-18)25-14-19(6-9-31-25)13-21-15-24-28(23-5-3-2-4-22(21)23)32-17-33(29(24)35)26-8-11-36-16-27(26)34;1-18-6-7-20(15-31-18)25-13-19(8-10-30-25)12-21-14-24-28(23-5-3-2-4-22(21)23)32-17-33(29(24)35)26-9-11-36-16-27(26)34;1-16(31)29-10-8-19(9-11-29)30-15-28-24-21-5-3-2-4-20(21)18(13-22(24)25(30)32)12-17-6-7-23(26)27-14-17/h1-11,17-18,20,24H,12-16,19H2;2-7,9-10,12,14-15,17,26-27,34H,8,11,13,16H2,1H3;2-8,10,13-15,17,26-27,34H,9,11-12,16H2,1H3;2-7,13-15,19H,8-12H2,1H3/t;2*26-,27-;/m.00./s1. The highest BCUT2D eigenvalue weighted by molar-refractivity contribution is 6.29. The van der Waals surface area contributed by atoms with Crippen LogP contribution in [-0.4, -0.2) is 171 Å². The molecule has 1 amide bonds. The Kier molecular flexibility index (Phi) is 28.1. The first-order chi connectivity index (χ1) is 69.2. The maximum Gasteiger partial charge on any atom is 0.261 e. The van der Waals surface area contributed by atoms with Crippen LogP contribution in [0.3, 0.4) is 0 Å². The molecule has 10 aromatic heterocycles. The van der Waals surface area contributed by atoms with Crippen molar-refractivity contribution in [1.82, 2.24) is 77.9 Å². The van der Waals surface area contributed by atoms with Crippen LogP contribution in [0.25, 0.3) is 109 Å². The number of aliphatic hydroxyl groups excluding tert-OH is 2. The lowest BCUT2D eigenvalue weighted by atomic mass is 9.95. The van der Waals surface area contributed by atoms with Crippen LogP contribution in [0.1, 0.15) is 136 Å². The van der Waals surface area contributed by atoms with Gasteiger partial charge in [-0.15, -0.1) is 0 Å². The van der Waals surface area contributed by atoms with Gasteiger partial charge in [-0.3, -0.25) is 71.9 Å². The van der Waals surface area contributed by atoms with Gasteiger partial charge in [0, 0.05) is 145 Å². The van der Waals surface area contributed by atoms with E-state index in [1.165, 1.54) is 0 Å².